The highest BCUT2D eigenvalue weighted by Crippen LogP contribution is 2.29. The minimum Gasteiger partial charge on any atom is -0.332 e. The van der Waals surface area contributed by atoms with E-state index in [4.69, 9.17) is 0 Å². The summed E-state index contributed by atoms with van der Waals surface area (Å²) in [5.41, 5.74) is 5.85. The number of rotatable bonds is 3. The van der Waals surface area contributed by atoms with Crippen LogP contribution in [0.25, 0.3) is 11.3 Å². The van der Waals surface area contributed by atoms with Gasteiger partial charge in [-0.05, 0) is 31.5 Å². The van der Waals surface area contributed by atoms with E-state index in [1.54, 1.807) is 11.3 Å². The molecule has 0 aliphatic carbocycles. The molecule has 0 radical (unpaired) electrons. The Balaban J connectivity index is 1.87. The summed E-state index contributed by atoms with van der Waals surface area (Å²) in [5, 5.41) is 6.35. The summed E-state index contributed by atoms with van der Waals surface area (Å²) in [6.07, 6.45) is 0. The number of para-hydroxylation sites is 1. The number of anilines is 2. The average Bonchev–Trinajstić information content (AvgIpc) is 2.88. The quantitative estimate of drug-likeness (QED) is 0.716. The van der Waals surface area contributed by atoms with Crippen LogP contribution in [0.3, 0.4) is 0 Å². The summed E-state index contributed by atoms with van der Waals surface area (Å²) in [5.74, 6) is 0. The Morgan fingerprint density at radius 3 is 2.55 bits per heavy atom. The summed E-state index contributed by atoms with van der Waals surface area (Å²) < 4.78 is 0. The van der Waals surface area contributed by atoms with Gasteiger partial charge in [-0.2, -0.15) is 0 Å². The molecule has 0 fully saturated rings. The highest BCUT2D eigenvalue weighted by atomic mass is 32.1. The van der Waals surface area contributed by atoms with Crippen molar-refractivity contribution in [2.75, 3.05) is 5.32 Å². The molecule has 1 N–H and O–H groups in total. The molecule has 0 aliphatic rings. The van der Waals surface area contributed by atoms with Gasteiger partial charge in [0.25, 0.3) is 0 Å². The lowest BCUT2D eigenvalue weighted by molar-refractivity contribution is 1.33. The van der Waals surface area contributed by atoms with Gasteiger partial charge in [-0.1, -0.05) is 42.0 Å². The number of hydrogen-bond donors (Lipinski definition) is 1. The Morgan fingerprint density at radius 2 is 1.80 bits per heavy atom. The topological polar surface area (TPSA) is 24.9 Å². The number of nitrogens with one attached hydrogen (secondary N) is 1. The number of hydrogen-bond acceptors (Lipinski definition) is 3. The minimum absolute atomic E-state index is 0.922. The normalized spacial score (nSPS) is 10.5. The Morgan fingerprint density at radius 1 is 1.00 bits per heavy atom. The van der Waals surface area contributed by atoms with Crippen molar-refractivity contribution in [3.63, 3.8) is 0 Å². The number of benzene rings is 2. The monoisotopic (exact) mass is 280 g/mol. The van der Waals surface area contributed by atoms with E-state index in [2.05, 4.69) is 47.7 Å². The van der Waals surface area contributed by atoms with Gasteiger partial charge in [0.15, 0.2) is 5.13 Å². The maximum Gasteiger partial charge on any atom is 0.187 e. The zero-order chi connectivity index (χ0) is 13.9. The maximum atomic E-state index is 4.67. The van der Waals surface area contributed by atoms with Gasteiger partial charge in [0.05, 0.1) is 5.69 Å². The van der Waals surface area contributed by atoms with Crippen LogP contribution in [0.5, 0.6) is 0 Å². The van der Waals surface area contributed by atoms with Gasteiger partial charge in [-0.15, -0.1) is 11.3 Å². The van der Waals surface area contributed by atoms with Crippen molar-refractivity contribution in [2.45, 2.75) is 13.8 Å². The van der Waals surface area contributed by atoms with Gasteiger partial charge in [0.1, 0.15) is 0 Å². The number of aromatic nitrogens is 1. The second-order valence-electron chi connectivity index (χ2n) is 4.85. The second kappa shape index (κ2) is 5.47. The number of aryl methyl sites for hydroxylation is 2. The summed E-state index contributed by atoms with van der Waals surface area (Å²) in [4.78, 5) is 4.67. The summed E-state index contributed by atoms with van der Waals surface area (Å²) >= 11 is 1.63. The van der Waals surface area contributed by atoms with Crippen molar-refractivity contribution >= 4 is 22.2 Å². The van der Waals surface area contributed by atoms with E-state index in [9.17, 15) is 0 Å². The molecule has 0 amide bonds. The molecule has 0 saturated heterocycles. The zero-order valence-electron chi connectivity index (χ0n) is 11.6. The fourth-order valence-corrected chi connectivity index (χ4v) is 2.93. The van der Waals surface area contributed by atoms with Crippen molar-refractivity contribution in [3.8, 4) is 11.3 Å². The summed E-state index contributed by atoms with van der Waals surface area (Å²) in [7, 11) is 0. The molecule has 3 rings (SSSR count). The van der Waals surface area contributed by atoms with Crippen LogP contribution < -0.4 is 5.32 Å². The van der Waals surface area contributed by atoms with Gasteiger partial charge in [-0.25, -0.2) is 4.98 Å². The molecule has 3 heteroatoms. The molecule has 20 heavy (non-hydrogen) atoms. The molecule has 0 spiro atoms. The Labute approximate surface area is 123 Å². The molecule has 100 valence electrons. The highest BCUT2D eigenvalue weighted by Gasteiger charge is 2.07. The molecule has 0 unspecified atom stereocenters. The van der Waals surface area contributed by atoms with E-state index in [0.29, 0.717) is 0 Å². The fraction of sp³-hybridized carbons (Fsp3) is 0.118. The third-order valence-corrected chi connectivity index (χ3v) is 3.94. The lowest BCUT2D eigenvalue weighted by atomic mass is 10.0. The van der Waals surface area contributed by atoms with E-state index in [1.165, 1.54) is 16.7 Å². The van der Waals surface area contributed by atoms with Gasteiger partial charge in [0.2, 0.25) is 0 Å². The van der Waals surface area contributed by atoms with Crippen LogP contribution in [-0.4, -0.2) is 4.98 Å². The molecule has 0 saturated carbocycles. The van der Waals surface area contributed by atoms with Crippen molar-refractivity contribution < 1.29 is 0 Å². The molecule has 2 nitrogen and oxygen atoms in total. The van der Waals surface area contributed by atoms with Crippen LogP contribution in [0.1, 0.15) is 11.1 Å². The summed E-state index contributed by atoms with van der Waals surface area (Å²) in [6, 6.07) is 16.6. The lowest BCUT2D eigenvalue weighted by Gasteiger charge is -2.04. The largest absolute Gasteiger partial charge is 0.332 e. The fourth-order valence-electron chi connectivity index (χ4n) is 2.20. The van der Waals surface area contributed by atoms with Crippen molar-refractivity contribution in [1.82, 2.24) is 4.98 Å². The van der Waals surface area contributed by atoms with Crippen molar-refractivity contribution in [1.29, 1.82) is 0 Å². The molecule has 3 aromatic rings. The Hall–Kier alpha value is -2.13. The number of nitrogens with zero attached hydrogens (tertiary/aromatic N) is 1. The molecular formula is C17H16N2S. The molecule has 1 heterocycles. The van der Waals surface area contributed by atoms with Gasteiger partial charge >= 0.3 is 0 Å². The van der Waals surface area contributed by atoms with Gasteiger partial charge < -0.3 is 5.32 Å². The van der Waals surface area contributed by atoms with E-state index in [-0.39, 0.29) is 0 Å². The SMILES string of the molecule is Cc1ccc(-c2csc(Nc3ccccc3)n2)c(C)c1. The third-order valence-electron chi connectivity index (χ3n) is 3.19. The van der Waals surface area contributed by atoms with Gasteiger partial charge in [0, 0.05) is 16.6 Å². The first-order valence-electron chi connectivity index (χ1n) is 6.57. The third kappa shape index (κ3) is 2.73. The first-order valence-corrected chi connectivity index (χ1v) is 7.45. The maximum absolute atomic E-state index is 4.67. The standard InChI is InChI=1S/C17H16N2S/c1-12-8-9-15(13(2)10-12)16-11-20-17(19-16)18-14-6-4-3-5-7-14/h3-11H,1-2H3,(H,18,19). The molecule has 0 bridgehead atoms. The Bertz CT molecular complexity index is 717. The van der Waals surface area contributed by atoms with E-state index in [0.717, 1.165) is 16.5 Å². The van der Waals surface area contributed by atoms with Crippen LogP contribution >= 0.6 is 11.3 Å². The first-order chi connectivity index (χ1) is 9.72. The zero-order valence-corrected chi connectivity index (χ0v) is 12.4. The molecular weight excluding hydrogens is 264 g/mol. The van der Waals surface area contributed by atoms with Crippen molar-refractivity contribution in [2.24, 2.45) is 0 Å². The Kier molecular flexibility index (Phi) is 3.52. The van der Waals surface area contributed by atoms with Crippen LogP contribution in [0.4, 0.5) is 10.8 Å². The molecule has 0 atom stereocenters. The predicted octanol–water partition coefficient (Wildman–Crippen LogP) is 5.17. The molecule has 1 aromatic heterocycles. The van der Waals surface area contributed by atoms with Crippen molar-refractivity contribution in [3.05, 3.63) is 65.0 Å². The predicted molar refractivity (Wildman–Crippen MR) is 86.7 cm³/mol. The number of thiazole rings is 1. The van der Waals surface area contributed by atoms with Gasteiger partial charge in [-0.3, -0.25) is 0 Å². The van der Waals surface area contributed by atoms with Crippen LogP contribution in [0.2, 0.25) is 0 Å². The van der Waals surface area contributed by atoms with Crippen LogP contribution in [-0.2, 0) is 0 Å². The summed E-state index contributed by atoms with van der Waals surface area (Å²) in [6.45, 7) is 4.24. The van der Waals surface area contributed by atoms with E-state index < -0.39 is 0 Å². The van der Waals surface area contributed by atoms with Crippen LogP contribution in [0, 0.1) is 13.8 Å². The minimum atomic E-state index is 0.922. The van der Waals surface area contributed by atoms with Crippen LogP contribution in [0.15, 0.2) is 53.9 Å². The second-order valence-corrected chi connectivity index (χ2v) is 5.71. The van der Waals surface area contributed by atoms with E-state index >= 15 is 0 Å². The lowest BCUT2D eigenvalue weighted by Crippen LogP contribution is -1.89. The molecule has 0 aliphatic heterocycles. The highest BCUT2D eigenvalue weighted by molar-refractivity contribution is 7.14. The smallest absolute Gasteiger partial charge is 0.187 e. The molecule has 2 aromatic carbocycles. The first kappa shape index (κ1) is 12.9. The van der Waals surface area contributed by atoms with E-state index in [1.807, 2.05) is 30.3 Å². The average molecular weight is 280 g/mol.